The minimum atomic E-state index is -0.319. The van der Waals surface area contributed by atoms with Gasteiger partial charge in [0.15, 0.2) is 0 Å². The zero-order chi connectivity index (χ0) is 19.7. The maximum Gasteiger partial charge on any atom is 0.247 e. The quantitative estimate of drug-likeness (QED) is 0.763. The van der Waals surface area contributed by atoms with Crippen LogP contribution in [0.25, 0.3) is 0 Å². The van der Waals surface area contributed by atoms with E-state index < -0.39 is 0 Å². The van der Waals surface area contributed by atoms with Crippen LogP contribution in [0.2, 0.25) is 0 Å². The van der Waals surface area contributed by atoms with E-state index in [0.717, 1.165) is 22.4 Å². The first kappa shape index (κ1) is 19.1. The number of hydrogen-bond donors (Lipinski definition) is 2. The predicted octanol–water partition coefficient (Wildman–Crippen LogP) is 2.88. The maximum absolute atomic E-state index is 13.1. The second kappa shape index (κ2) is 8.03. The van der Waals surface area contributed by atoms with Crippen molar-refractivity contribution in [3.8, 4) is 0 Å². The van der Waals surface area contributed by atoms with Crippen LogP contribution in [0.1, 0.15) is 6.92 Å². The number of fused-ring (bicyclic) bond motifs is 1. The number of hydrogen-bond acceptors (Lipinski definition) is 4. The Morgan fingerprint density at radius 1 is 1.14 bits per heavy atom. The van der Waals surface area contributed by atoms with Crippen molar-refractivity contribution in [1.82, 2.24) is 10.3 Å². The van der Waals surface area contributed by atoms with Gasteiger partial charge in [0.2, 0.25) is 11.8 Å². The molecule has 3 atom stereocenters. The van der Waals surface area contributed by atoms with Gasteiger partial charge < -0.3 is 10.2 Å². The molecule has 2 aromatic rings. The number of carbonyl (C=O) groups is 2. The Morgan fingerprint density at radius 3 is 2.54 bits per heavy atom. The Morgan fingerprint density at radius 2 is 1.86 bits per heavy atom. The number of anilines is 2. The lowest BCUT2D eigenvalue weighted by Gasteiger charge is -2.37. The molecule has 2 N–H and O–H groups in total. The van der Waals surface area contributed by atoms with Crippen molar-refractivity contribution < 1.29 is 9.59 Å². The second-order valence-corrected chi connectivity index (χ2v) is 8.14. The van der Waals surface area contributed by atoms with Crippen LogP contribution >= 0.6 is 15.9 Å². The van der Waals surface area contributed by atoms with Gasteiger partial charge in [-0.25, -0.2) is 10.4 Å². The van der Waals surface area contributed by atoms with E-state index in [9.17, 15) is 9.59 Å². The zero-order valence-electron chi connectivity index (χ0n) is 15.6. The topological polar surface area (TPSA) is 64.7 Å². The third kappa shape index (κ3) is 3.70. The van der Waals surface area contributed by atoms with Crippen LogP contribution in [-0.2, 0) is 9.59 Å². The van der Waals surface area contributed by atoms with Crippen LogP contribution in [0.3, 0.4) is 0 Å². The first-order valence-electron chi connectivity index (χ1n) is 9.51. The van der Waals surface area contributed by atoms with E-state index in [0.29, 0.717) is 13.1 Å². The Bertz CT molecular complexity index is 858. The summed E-state index contributed by atoms with van der Waals surface area (Å²) in [6.45, 7) is 4.16. The van der Waals surface area contributed by atoms with Crippen molar-refractivity contribution in [1.29, 1.82) is 0 Å². The SMILES string of the molecule is CCN1CC(C(=O)Nc2ccc(Br)cc2)C2NN(c3ccccc3)C(=O)C2C1. The molecule has 2 saturated heterocycles. The third-order valence-electron chi connectivity index (χ3n) is 5.50. The van der Waals surface area contributed by atoms with Gasteiger partial charge in [0.1, 0.15) is 0 Å². The van der Waals surface area contributed by atoms with Crippen LogP contribution in [-0.4, -0.2) is 42.4 Å². The molecule has 0 spiro atoms. The number of halogens is 1. The van der Waals surface area contributed by atoms with Gasteiger partial charge in [0.05, 0.1) is 23.6 Å². The van der Waals surface area contributed by atoms with Crippen molar-refractivity contribution in [2.45, 2.75) is 13.0 Å². The number of carbonyl (C=O) groups excluding carboxylic acids is 2. The molecule has 146 valence electrons. The average Bonchev–Trinajstić information content (AvgIpc) is 3.06. The highest BCUT2D eigenvalue weighted by atomic mass is 79.9. The van der Waals surface area contributed by atoms with E-state index in [4.69, 9.17) is 0 Å². The van der Waals surface area contributed by atoms with Gasteiger partial charge >= 0.3 is 0 Å². The molecule has 0 aromatic heterocycles. The molecule has 3 unspecified atom stereocenters. The van der Waals surface area contributed by atoms with E-state index in [2.05, 4.69) is 38.5 Å². The molecule has 28 heavy (non-hydrogen) atoms. The monoisotopic (exact) mass is 442 g/mol. The first-order valence-corrected chi connectivity index (χ1v) is 10.3. The summed E-state index contributed by atoms with van der Waals surface area (Å²) in [4.78, 5) is 28.3. The number of likely N-dealkylation sites (tertiary alicyclic amines) is 1. The Hall–Kier alpha value is -2.22. The number of amides is 2. The normalized spacial score (nSPS) is 24.9. The third-order valence-corrected chi connectivity index (χ3v) is 6.03. The number of piperidine rings is 1. The highest BCUT2D eigenvalue weighted by molar-refractivity contribution is 9.10. The molecule has 2 amide bonds. The standard InChI is InChI=1S/C21H23BrN4O2/c1-2-25-12-17(20(27)23-15-10-8-14(22)9-11-15)19-18(13-25)21(28)26(24-19)16-6-4-3-5-7-16/h3-11,17-19,24H,2,12-13H2,1H3,(H,23,27). The van der Waals surface area contributed by atoms with Crippen molar-refractivity contribution in [2.24, 2.45) is 11.8 Å². The highest BCUT2D eigenvalue weighted by Crippen LogP contribution is 2.32. The van der Waals surface area contributed by atoms with Crippen molar-refractivity contribution in [2.75, 3.05) is 30.0 Å². The molecular weight excluding hydrogens is 420 g/mol. The molecule has 0 bridgehead atoms. The number of hydrazine groups is 1. The lowest BCUT2D eigenvalue weighted by molar-refractivity contribution is -0.126. The average molecular weight is 443 g/mol. The summed E-state index contributed by atoms with van der Waals surface area (Å²) in [5, 5.41) is 4.61. The summed E-state index contributed by atoms with van der Waals surface area (Å²) >= 11 is 3.41. The van der Waals surface area contributed by atoms with E-state index in [-0.39, 0.29) is 29.7 Å². The van der Waals surface area contributed by atoms with Crippen LogP contribution in [0, 0.1) is 11.8 Å². The van der Waals surface area contributed by atoms with Crippen molar-refractivity contribution in [3.63, 3.8) is 0 Å². The number of nitrogens with zero attached hydrogens (tertiary/aromatic N) is 2. The van der Waals surface area contributed by atoms with E-state index in [1.54, 1.807) is 5.01 Å². The van der Waals surface area contributed by atoms with E-state index >= 15 is 0 Å². The summed E-state index contributed by atoms with van der Waals surface area (Å²) in [5.41, 5.74) is 4.87. The van der Waals surface area contributed by atoms with Gasteiger partial charge in [0.25, 0.3) is 0 Å². The Kier molecular flexibility index (Phi) is 5.48. The summed E-state index contributed by atoms with van der Waals surface area (Å²) in [6, 6.07) is 16.8. The molecule has 6 nitrogen and oxygen atoms in total. The lowest BCUT2D eigenvalue weighted by atomic mass is 9.84. The molecule has 0 radical (unpaired) electrons. The smallest absolute Gasteiger partial charge is 0.247 e. The highest BCUT2D eigenvalue weighted by Gasteiger charge is 2.50. The molecule has 2 fully saturated rings. The van der Waals surface area contributed by atoms with Gasteiger partial charge in [-0.3, -0.25) is 9.59 Å². The van der Waals surface area contributed by atoms with Gasteiger partial charge in [-0.05, 0) is 42.9 Å². The Balaban J connectivity index is 1.57. The summed E-state index contributed by atoms with van der Waals surface area (Å²) in [6.07, 6.45) is 0. The molecule has 2 aliphatic rings. The molecular formula is C21H23BrN4O2. The Labute approximate surface area is 173 Å². The number of para-hydroxylation sites is 1. The number of nitrogens with one attached hydrogen (secondary N) is 2. The fourth-order valence-corrected chi connectivity index (χ4v) is 4.24. The molecule has 7 heteroatoms. The number of benzene rings is 2. The maximum atomic E-state index is 13.1. The van der Waals surface area contributed by atoms with E-state index in [1.165, 1.54) is 0 Å². The van der Waals surface area contributed by atoms with Crippen LogP contribution in [0.4, 0.5) is 11.4 Å². The lowest BCUT2D eigenvalue weighted by Crippen LogP contribution is -2.55. The summed E-state index contributed by atoms with van der Waals surface area (Å²) < 4.78 is 0.960. The summed E-state index contributed by atoms with van der Waals surface area (Å²) in [5.74, 6) is -0.601. The van der Waals surface area contributed by atoms with Crippen molar-refractivity contribution >= 4 is 39.1 Å². The minimum absolute atomic E-state index is 0.0239. The minimum Gasteiger partial charge on any atom is -0.326 e. The second-order valence-electron chi connectivity index (χ2n) is 7.23. The molecule has 2 aliphatic heterocycles. The summed E-state index contributed by atoms with van der Waals surface area (Å²) in [7, 11) is 0. The number of rotatable bonds is 4. The zero-order valence-corrected chi connectivity index (χ0v) is 17.2. The first-order chi connectivity index (χ1) is 13.6. The largest absolute Gasteiger partial charge is 0.326 e. The fraction of sp³-hybridized carbons (Fsp3) is 0.333. The predicted molar refractivity (Wildman–Crippen MR) is 113 cm³/mol. The van der Waals surface area contributed by atoms with Crippen LogP contribution < -0.4 is 15.8 Å². The van der Waals surface area contributed by atoms with Crippen LogP contribution in [0.5, 0.6) is 0 Å². The molecule has 2 aromatic carbocycles. The van der Waals surface area contributed by atoms with Crippen LogP contribution in [0.15, 0.2) is 59.1 Å². The molecule has 4 rings (SSSR count). The van der Waals surface area contributed by atoms with Gasteiger partial charge in [-0.2, -0.15) is 0 Å². The van der Waals surface area contributed by atoms with Crippen molar-refractivity contribution in [3.05, 3.63) is 59.1 Å². The van der Waals surface area contributed by atoms with Gasteiger partial charge in [-0.15, -0.1) is 0 Å². The fourth-order valence-electron chi connectivity index (χ4n) is 3.98. The van der Waals surface area contributed by atoms with Gasteiger partial charge in [-0.1, -0.05) is 41.1 Å². The van der Waals surface area contributed by atoms with E-state index in [1.807, 2.05) is 54.6 Å². The molecule has 0 aliphatic carbocycles. The molecule has 0 saturated carbocycles. The molecule has 2 heterocycles. The van der Waals surface area contributed by atoms with Gasteiger partial charge in [0, 0.05) is 23.2 Å².